The van der Waals surface area contributed by atoms with Crippen LogP contribution in [-0.4, -0.2) is 39.0 Å². The Balaban J connectivity index is 1.91. The molecule has 0 radical (unpaired) electrons. The zero-order valence-corrected chi connectivity index (χ0v) is 8.01. The Hall–Kier alpha value is -0.120. The van der Waals surface area contributed by atoms with Gasteiger partial charge in [0.1, 0.15) is 6.10 Å². The van der Waals surface area contributed by atoms with E-state index in [9.17, 15) is 0 Å². The second-order valence-corrected chi connectivity index (χ2v) is 3.35. The van der Waals surface area contributed by atoms with E-state index in [1.54, 1.807) is 0 Å². The van der Waals surface area contributed by atoms with E-state index in [-0.39, 0.29) is 0 Å². The lowest BCUT2D eigenvalue weighted by molar-refractivity contribution is -0.151. The third kappa shape index (κ3) is 3.52. The molecule has 1 fully saturated rings. The quantitative estimate of drug-likeness (QED) is 0.602. The fraction of sp³-hybridized carbons (Fsp3) is 1.00. The van der Waals surface area contributed by atoms with Crippen molar-refractivity contribution in [1.29, 1.82) is 0 Å². The van der Waals surface area contributed by atoms with Gasteiger partial charge in [-0.05, 0) is 33.4 Å². The molecule has 1 atom stereocenters. The van der Waals surface area contributed by atoms with Crippen molar-refractivity contribution in [1.82, 2.24) is 5.32 Å². The van der Waals surface area contributed by atoms with Crippen LogP contribution in [0.1, 0.15) is 19.8 Å². The molecule has 1 saturated heterocycles. The molecule has 1 rings (SSSR count). The van der Waals surface area contributed by atoms with E-state index in [4.69, 9.17) is 9.47 Å². The van der Waals surface area contributed by atoms with Crippen LogP contribution >= 0.6 is 0 Å². The van der Waals surface area contributed by atoms with Gasteiger partial charge < -0.3 is 14.8 Å². The molecular weight excluding hydrogens is 154 g/mol. The molecule has 0 aromatic heterocycles. The highest BCUT2D eigenvalue weighted by molar-refractivity contribution is 4.66. The Morgan fingerprint density at radius 2 is 2.33 bits per heavy atom. The SMILES string of the molecule is CNCCCC(C)OC1COC1. The lowest BCUT2D eigenvalue weighted by atomic mass is 10.2. The van der Waals surface area contributed by atoms with Crippen molar-refractivity contribution in [3.8, 4) is 0 Å². The molecule has 1 aliphatic rings. The second kappa shape index (κ2) is 5.51. The molecular formula is C9H19NO2. The van der Waals surface area contributed by atoms with Gasteiger partial charge in [-0.25, -0.2) is 0 Å². The average Bonchev–Trinajstić information content (AvgIpc) is 1.98. The summed E-state index contributed by atoms with van der Waals surface area (Å²) in [6, 6.07) is 0. The highest BCUT2D eigenvalue weighted by Crippen LogP contribution is 2.11. The number of rotatable bonds is 6. The van der Waals surface area contributed by atoms with Crippen molar-refractivity contribution in [2.75, 3.05) is 26.8 Å². The minimum atomic E-state index is 0.370. The minimum Gasteiger partial charge on any atom is -0.376 e. The van der Waals surface area contributed by atoms with Crippen molar-refractivity contribution in [3.05, 3.63) is 0 Å². The van der Waals surface area contributed by atoms with Crippen LogP contribution in [0.4, 0.5) is 0 Å². The highest BCUT2D eigenvalue weighted by atomic mass is 16.6. The van der Waals surface area contributed by atoms with Gasteiger partial charge in [0.2, 0.25) is 0 Å². The van der Waals surface area contributed by atoms with Crippen LogP contribution < -0.4 is 5.32 Å². The van der Waals surface area contributed by atoms with Gasteiger partial charge in [-0.1, -0.05) is 0 Å². The standard InChI is InChI=1S/C9H19NO2/c1-8(4-3-5-10-2)12-9-6-11-7-9/h8-10H,3-7H2,1-2H3. The Morgan fingerprint density at radius 1 is 1.58 bits per heavy atom. The van der Waals surface area contributed by atoms with Crippen LogP contribution in [0, 0.1) is 0 Å². The van der Waals surface area contributed by atoms with E-state index in [1.807, 2.05) is 7.05 Å². The van der Waals surface area contributed by atoms with E-state index in [0.717, 1.165) is 26.2 Å². The topological polar surface area (TPSA) is 30.5 Å². The fourth-order valence-corrected chi connectivity index (χ4v) is 1.26. The third-order valence-electron chi connectivity index (χ3n) is 2.07. The van der Waals surface area contributed by atoms with E-state index >= 15 is 0 Å². The highest BCUT2D eigenvalue weighted by Gasteiger charge is 2.20. The van der Waals surface area contributed by atoms with Gasteiger partial charge >= 0.3 is 0 Å². The third-order valence-corrected chi connectivity index (χ3v) is 2.07. The smallest absolute Gasteiger partial charge is 0.104 e. The predicted molar refractivity (Wildman–Crippen MR) is 48.3 cm³/mol. The van der Waals surface area contributed by atoms with E-state index < -0.39 is 0 Å². The Labute approximate surface area is 74.4 Å². The number of hydrogen-bond acceptors (Lipinski definition) is 3. The molecule has 1 heterocycles. The first-order chi connectivity index (χ1) is 5.83. The lowest BCUT2D eigenvalue weighted by Gasteiger charge is -2.29. The number of nitrogens with one attached hydrogen (secondary N) is 1. The van der Waals surface area contributed by atoms with Gasteiger partial charge in [-0.15, -0.1) is 0 Å². The van der Waals surface area contributed by atoms with Crippen LogP contribution in [0.25, 0.3) is 0 Å². The zero-order valence-electron chi connectivity index (χ0n) is 8.01. The van der Waals surface area contributed by atoms with Crippen molar-refractivity contribution in [2.24, 2.45) is 0 Å². The van der Waals surface area contributed by atoms with Crippen molar-refractivity contribution in [3.63, 3.8) is 0 Å². The summed E-state index contributed by atoms with van der Waals surface area (Å²) in [4.78, 5) is 0. The molecule has 0 aromatic rings. The lowest BCUT2D eigenvalue weighted by Crippen LogP contribution is -2.38. The monoisotopic (exact) mass is 173 g/mol. The summed E-state index contributed by atoms with van der Waals surface area (Å²) in [6.07, 6.45) is 3.07. The van der Waals surface area contributed by atoms with Crippen LogP contribution in [0.2, 0.25) is 0 Å². The maximum atomic E-state index is 5.68. The van der Waals surface area contributed by atoms with Crippen LogP contribution in [0.15, 0.2) is 0 Å². The summed E-state index contributed by atoms with van der Waals surface area (Å²) in [5.74, 6) is 0. The molecule has 0 aromatic carbocycles. The molecule has 0 aliphatic carbocycles. The predicted octanol–water partition coefficient (Wildman–Crippen LogP) is 0.790. The summed E-state index contributed by atoms with van der Waals surface area (Å²) in [6.45, 7) is 4.79. The molecule has 3 heteroatoms. The van der Waals surface area contributed by atoms with E-state index in [2.05, 4.69) is 12.2 Å². The zero-order chi connectivity index (χ0) is 8.81. The normalized spacial score (nSPS) is 20.5. The van der Waals surface area contributed by atoms with Crippen molar-refractivity contribution < 1.29 is 9.47 Å². The summed E-state index contributed by atoms with van der Waals surface area (Å²) in [5.41, 5.74) is 0. The van der Waals surface area contributed by atoms with E-state index in [1.165, 1.54) is 6.42 Å². The van der Waals surface area contributed by atoms with Gasteiger partial charge in [-0.3, -0.25) is 0 Å². The van der Waals surface area contributed by atoms with Gasteiger partial charge in [0.25, 0.3) is 0 Å². The summed E-state index contributed by atoms with van der Waals surface area (Å²) in [5, 5.41) is 3.12. The molecule has 12 heavy (non-hydrogen) atoms. The summed E-state index contributed by atoms with van der Waals surface area (Å²) < 4.78 is 10.7. The minimum absolute atomic E-state index is 0.370. The first kappa shape index (κ1) is 9.96. The molecule has 0 amide bonds. The Morgan fingerprint density at radius 3 is 2.83 bits per heavy atom. The largest absolute Gasteiger partial charge is 0.376 e. The molecule has 0 bridgehead atoms. The van der Waals surface area contributed by atoms with Crippen molar-refractivity contribution in [2.45, 2.75) is 32.0 Å². The molecule has 0 saturated carbocycles. The molecule has 1 N–H and O–H groups in total. The number of ether oxygens (including phenoxy) is 2. The molecule has 1 unspecified atom stereocenters. The fourth-order valence-electron chi connectivity index (χ4n) is 1.26. The van der Waals surface area contributed by atoms with Gasteiger partial charge in [-0.2, -0.15) is 0 Å². The van der Waals surface area contributed by atoms with Gasteiger partial charge in [0.15, 0.2) is 0 Å². The number of hydrogen-bond donors (Lipinski definition) is 1. The molecule has 3 nitrogen and oxygen atoms in total. The Bertz CT molecular complexity index is 115. The second-order valence-electron chi connectivity index (χ2n) is 3.35. The average molecular weight is 173 g/mol. The maximum absolute atomic E-state index is 5.68. The first-order valence-corrected chi connectivity index (χ1v) is 4.70. The van der Waals surface area contributed by atoms with Crippen molar-refractivity contribution >= 4 is 0 Å². The molecule has 72 valence electrons. The van der Waals surface area contributed by atoms with Gasteiger partial charge in [0, 0.05) is 0 Å². The molecule has 0 spiro atoms. The first-order valence-electron chi connectivity index (χ1n) is 4.70. The summed E-state index contributed by atoms with van der Waals surface area (Å²) in [7, 11) is 1.98. The maximum Gasteiger partial charge on any atom is 0.104 e. The Kier molecular flexibility index (Phi) is 4.58. The molecule has 1 aliphatic heterocycles. The van der Waals surface area contributed by atoms with Gasteiger partial charge in [0.05, 0.1) is 19.3 Å². The van der Waals surface area contributed by atoms with Crippen LogP contribution in [0.3, 0.4) is 0 Å². The van der Waals surface area contributed by atoms with E-state index in [0.29, 0.717) is 12.2 Å². The van der Waals surface area contributed by atoms with Crippen LogP contribution in [0.5, 0.6) is 0 Å². The van der Waals surface area contributed by atoms with Crippen LogP contribution in [-0.2, 0) is 9.47 Å². The summed E-state index contributed by atoms with van der Waals surface area (Å²) >= 11 is 0.